The van der Waals surface area contributed by atoms with Crippen molar-refractivity contribution in [2.24, 2.45) is 15.8 Å². The van der Waals surface area contributed by atoms with Crippen molar-refractivity contribution in [2.75, 3.05) is 7.05 Å². The molecule has 0 aliphatic heterocycles. The van der Waals surface area contributed by atoms with E-state index in [2.05, 4.69) is 53.5 Å². The first-order chi connectivity index (χ1) is 6.64. The van der Waals surface area contributed by atoms with E-state index in [-0.39, 0.29) is 10.8 Å². The summed E-state index contributed by atoms with van der Waals surface area (Å²) in [6, 6.07) is 0. The lowest BCUT2D eigenvalue weighted by molar-refractivity contribution is 0.448. The number of nitrogens with zero attached hydrogens (tertiary/aromatic N) is 1. The van der Waals surface area contributed by atoms with E-state index in [0.29, 0.717) is 0 Å². The van der Waals surface area contributed by atoms with E-state index in [0.717, 1.165) is 6.42 Å². The summed E-state index contributed by atoms with van der Waals surface area (Å²) in [7, 11) is 1.85. The molecule has 0 rings (SSSR count). The molecule has 1 nitrogen and oxygen atoms in total. The van der Waals surface area contributed by atoms with Gasteiger partial charge in [-0.15, -0.1) is 0 Å². The smallest absolute Gasteiger partial charge is 0.0277 e. The molecule has 0 atom stereocenters. The van der Waals surface area contributed by atoms with Crippen molar-refractivity contribution in [1.29, 1.82) is 0 Å². The Morgan fingerprint density at radius 2 is 1.47 bits per heavy atom. The molecule has 0 heterocycles. The number of hydrogen-bond acceptors (Lipinski definition) is 1. The molecule has 0 aromatic carbocycles. The third kappa shape index (κ3) is 4.19. The fourth-order valence-corrected chi connectivity index (χ4v) is 1.98. The van der Waals surface area contributed by atoms with E-state index in [1.54, 1.807) is 0 Å². The Kier molecular flexibility index (Phi) is 4.76. The van der Waals surface area contributed by atoms with Gasteiger partial charge in [0.1, 0.15) is 0 Å². The van der Waals surface area contributed by atoms with Gasteiger partial charge in [-0.1, -0.05) is 54.0 Å². The van der Waals surface area contributed by atoms with Gasteiger partial charge in [-0.3, -0.25) is 4.99 Å². The van der Waals surface area contributed by atoms with Gasteiger partial charge in [0.25, 0.3) is 0 Å². The van der Waals surface area contributed by atoms with Crippen LogP contribution in [0.4, 0.5) is 0 Å². The Bertz CT molecular complexity index is 256. The van der Waals surface area contributed by atoms with Gasteiger partial charge in [-0.25, -0.2) is 0 Å². The van der Waals surface area contributed by atoms with Crippen molar-refractivity contribution in [1.82, 2.24) is 0 Å². The molecule has 88 valence electrons. The Hall–Kier alpha value is -0.590. The highest BCUT2D eigenvalue weighted by atomic mass is 14.6. The van der Waals surface area contributed by atoms with Crippen molar-refractivity contribution >= 4 is 6.21 Å². The van der Waals surface area contributed by atoms with Gasteiger partial charge < -0.3 is 0 Å². The van der Waals surface area contributed by atoms with Gasteiger partial charge in [-0.05, 0) is 22.8 Å². The van der Waals surface area contributed by atoms with Gasteiger partial charge in [0.05, 0.1) is 0 Å². The van der Waals surface area contributed by atoms with Crippen LogP contribution in [0.5, 0.6) is 0 Å². The topological polar surface area (TPSA) is 12.4 Å². The van der Waals surface area contributed by atoms with Crippen molar-refractivity contribution in [3.05, 3.63) is 11.1 Å². The normalized spacial score (nSPS) is 15.7. The minimum absolute atomic E-state index is 0.179. The van der Waals surface area contributed by atoms with Crippen LogP contribution in [0.25, 0.3) is 0 Å². The number of rotatable bonds is 2. The van der Waals surface area contributed by atoms with Crippen LogP contribution in [0, 0.1) is 10.8 Å². The predicted molar refractivity (Wildman–Crippen MR) is 70.6 cm³/mol. The van der Waals surface area contributed by atoms with Gasteiger partial charge >= 0.3 is 0 Å². The van der Waals surface area contributed by atoms with E-state index in [1.807, 2.05) is 13.3 Å². The van der Waals surface area contributed by atoms with E-state index < -0.39 is 0 Å². The van der Waals surface area contributed by atoms with Crippen molar-refractivity contribution < 1.29 is 0 Å². The minimum Gasteiger partial charge on any atom is -0.296 e. The summed E-state index contributed by atoms with van der Waals surface area (Å²) in [6.07, 6.45) is 3.13. The Balaban J connectivity index is 5.61. The second kappa shape index (κ2) is 4.96. The number of aliphatic imine (C=N–C) groups is 1. The summed E-state index contributed by atoms with van der Waals surface area (Å²) >= 11 is 0. The highest BCUT2D eigenvalue weighted by Gasteiger charge is 2.25. The molecule has 0 radical (unpaired) electrons. The SMILES string of the molecule is CC/C(=C(\C=NC)C(C)(C)C)C(C)(C)C. The first-order valence-electron chi connectivity index (χ1n) is 5.80. The van der Waals surface area contributed by atoms with Crippen molar-refractivity contribution in [3.63, 3.8) is 0 Å². The molecule has 0 unspecified atom stereocenters. The maximum absolute atomic E-state index is 4.20. The number of hydrogen-bond donors (Lipinski definition) is 0. The third-order valence-electron chi connectivity index (χ3n) is 2.65. The highest BCUT2D eigenvalue weighted by molar-refractivity contribution is 5.81. The standard InChI is InChI=1S/C14H27N/c1-9-11(13(2,3)4)12(10-15-8)14(5,6)7/h10H,9H2,1-8H3/b12-11-,15-10?. The maximum Gasteiger partial charge on any atom is 0.0277 e. The predicted octanol–water partition coefficient (Wildman–Crippen LogP) is 4.49. The average molecular weight is 209 g/mol. The van der Waals surface area contributed by atoms with E-state index in [1.165, 1.54) is 11.1 Å². The van der Waals surface area contributed by atoms with E-state index >= 15 is 0 Å². The Morgan fingerprint density at radius 3 is 1.67 bits per heavy atom. The molecular weight excluding hydrogens is 182 g/mol. The van der Waals surface area contributed by atoms with Crippen LogP contribution in [0.1, 0.15) is 54.9 Å². The zero-order chi connectivity index (χ0) is 12.3. The molecule has 0 spiro atoms. The molecule has 15 heavy (non-hydrogen) atoms. The van der Waals surface area contributed by atoms with Gasteiger partial charge in [0, 0.05) is 13.3 Å². The first-order valence-corrected chi connectivity index (χ1v) is 5.80. The van der Waals surface area contributed by atoms with Crippen LogP contribution >= 0.6 is 0 Å². The van der Waals surface area contributed by atoms with Crippen LogP contribution in [-0.2, 0) is 0 Å². The van der Waals surface area contributed by atoms with Gasteiger partial charge in [0.15, 0.2) is 0 Å². The lowest BCUT2D eigenvalue weighted by Gasteiger charge is -2.31. The summed E-state index contributed by atoms with van der Waals surface area (Å²) in [5.41, 5.74) is 3.32. The van der Waals surface area contributed by atoms with Gasteiger partial charge in [0.2, 0.25) is 0 Å². The molecule has 0 bridgehead atoms. The van der Waals surface area contributed by atoms with Crippen molar-refractivity contribution in [3.8, 4) is 0 Å². The molecular formula is C14H27N. The molecule has 0 fully saturated rings. The summed E-state index contributed by atoms with van der Waals surface area (Å²) in [5, 5.41) is 0. The molecule has 0 saturated heterocycles. The van der Waals surface area contributed by atoms with E-state index in [4.69, 9.17) is 0 Å². The van der Waals surface area contributed by atoms with Crippen LogP contribution < -0.4 is 0 Å². The second-order valence-corrected chi connectivity index (χ2v) is 6.13. The molecule has 0 saturated carbocycles. The van der Waals surface area contributed by atoms with Crippen LogP contribution in [-0.4, -0.2) is 13.3 Å². The van der Waals surface area contributed by atoms with Crippen LogP contribution in [0.2, 0.25) is 0 Å². The summed E-state index contributed by atoms with van der Waals surface area (Å²) < 4.78 is 0. The lowest BCUT2D eigenvalue weighted by atomic mass is 9.74. The monoisotopic (exact) mass is 209 g/mol. The molecule has 0 aromatic rings. The van der Waals surface area contributed by atoms with Gasteiger partial charge in [-0.2, -0.15) is 0 Å². The molecule has 0 amide bonds. The number of allylic oxidation sites excluding steroid dienone is 2. The molecule has 0 N–H and O–H groups in total. The second-order valence-electron chi connectivity index (χ2n) is 6.13. The van der Waals surface area contributed by atoms with Crippen molar-refractivity contribution in [2.45, 2.75) is 54.9 Å². The highest BCUT2D eigenvalue weighted by Crippen LogP contribution is 2.37. The molecule has 0 aliphatic carbocycles. The summed E-state index contributed by atoms with van der Waals surface area (Å²) in [6.45, 7) is 15.8. The van der Waals surface area contributed by atoms with E-state index in [9.17, 15) is 0 Å². The van der Waals surface area contributed by atoms with Crippen LogP contribution in [0.15, 0.2) is 16.1 Å². The third-order valence-corrected chi connectivity index (χ3v) is 2.65. The zero-order valence-electron chi connectivity index (χ0n) is 11.7. The first kappa shape index (κ1) is 14.4. The molecule has 0 aliphatic rings. The Morgan fingerprint density at radius 1 is 1.00 bits per heavy atom. The largest absolute Gasteiger partial charge is 0.296 e. The fraction of sp³-hybridized carbons (Fsp3) is 0.786. The fourth-order valence-electron chi connectivity index (χ4n) is 1.98. The molecule has 0 aromatic heterocycles. The zero-order valence-corrected chi connectivity index (χ0v) is 11.7. The maximum atomic E-state index is 4.20. The summed E-state index contributed by atoms with van der Waals surface area (Å²) in [4.78, 5) is 4.20. The lowest BCUT2D eigenvalue weighted by Crippen LogP contribution is -2.20. The minimum atomic E-state index is 0.179. The average Bonchev–Trinajstić information content (AvgIpc) is 2.00. The van der Waals surface area contributed by atoms with Crippen LogP contribution in [0.3, 0.4) is 0 Å². The quantitative estimate of drug-likeness (QED) is 0.594. The molecule has 1 heteroatoms. The summed E-state index contributed by atoms with van der Waals surface area (Å²) in [5.74, 6) is 0. The Labute approximate surface area is 95.7 Å².